The van der Waals surface area contributed by atoms with E-state index in [4.69, 9.17) is 32.8 Å². The first-order valence-corrected chi connectivity index (χ1v) is 10.9. The van der Waals surface area contributed by atoms with Crippen molar-refractivity contribution in [2.24, 2.45) is 5.92 Å². The molecule has 3 atom stereocenters. The molecule has 3 heterocycles. The van der Waals surface area contributed by atoms with Gasteiger partial charge < -0.3 is 20.1 Å². The molecule has 0 aromatic rings. The van der Waals surface area contributed by atoms with Crippen LogP contribution in [0.2, 0.25) is 0 Å². The number of hydrogen-bond donors (Lipinski definition) is 3. The number of carbonyl (C=O) groups is 2. The molecule has 32 heavy (non-hydrogen) atoms. The van der Waals surface area contributed by atoms with Gasteiger partial charge in [-0.25, -0.2) is 0 Å². The molecule has 0 aliphatic carbocycles. The van der Waals surface area contributed by atoms with Crippen LogP contribution < -0.4 is 10.8 Å². The van der Waals surface area contributed by atoms with Crippen molar-refractivity contribution >= 4 is 35.0 Å². The van der Waals surface area contributed by atoms with Gasteiger partial charge in [-0.1, -0.05) is 35.9 Å². The fourth-order valence-electron chi connectivity index (χ4n) is 4.10. The summed E-state index contributed by atoms with van der Waals surface area (Å²) in [7, 11) is 0. The van der Waals surface area contributed by atoms with E-state index in [1.165, 1.54) is 11.7 Å². The van der Waals surface area contributed by atoms with Gasteiger partial charge in [0.25, 0.3) is 5.91 Å². The number of fused-ring (bicyclic) bond motifs is 1. The largest absolute Gasteiger partial charge is 0.482 e. The minimum atomic E-state index is -0.557. The molecule has 0 radical (unpaired) electrons. The summed E-state index contributed by atoms with van der Waals surface area (Å²) in [5, 5.41) is 12.3. The smallest absolute Gasteiger partial charge is 0.261 e. The Labute approximate surface area is 196 Å². The van der Waals surface area contributed by atoms with Crippen molar-refractivity contribution in [1.82, 2.24) is 15.7 Å². The normalized spacial score (nSPS) is 26.8. The predicted molar refractivity (Wildman–Crippen MR) is 121 cm³/mol. The Morgan fingerprint density at radius 2 is 2.22 bits per heavy atom. The zero-order valence-electron chi connectivity index (χ0n) is 17.5. The highest BCUT2D eigenvalue weighted by Crippen LogP contribution is 2.40. The molecular formula is C22H25Cl2N3O5. The van der Waals surface area contributed by atoms with E-state index in [1.54, 1.807) is 29.3 Å². The molecule has 0 bridgehead atoms. The highest BCUT2D eigenvalue weighted by atomic mass is 35.5. The van der Waals surface area contributed by atoms with E-state index < -0.39 is 6.61 Å². The molecule has 172 valence electrons. The van der Waals surface area contributed by atoms with Crippen LogP contribution in [0.4, 0.5) is 0 Å². The summed E-state index contributed by atoms with van der Waals surface area (Å²) >= 11 is 12.1. The number of nitrogens with one attached hydrogen (secondary N) is 2. The molecule has 1 fully saturated rings. The Morgan fingerprint density at radius 1 is 1.44 bits per heavy atom. The van der Waals surface area contributed by atoms with Crippen LogP contribution in [0.3, 0.4) is 0 Å². The minimum absolute atomic E-state index is 0.0911. The maximum Gasteiger partial charge on any atom is 0.261 e. The third-order valence-electron chi connectivity index (χ3n) is 5.59. The number of ether oxygens (including phenoxy) is 1. The second kappa shape index (κ2) is 10.9. The Bertz CT molecular complexity index is 938. The molecule has 8 nitrogen and oxygen atoms in total. The van der Waals surface area contributed by atoms with Gasteiger partial charge >= 0.3 is 0 Å². The summed E-state index contributed by atoms with van der Waals surface area (Å²) in [5.74, 6) is -0.345. The molecular weight excluding hydrogens is 457 g/mol. The Hall–Kier alpha value is -2.52. The monoisotopic (exact) mass is 481 g/mol. The van der Waals surface area contributed by atoms with Crippen LogP contribution in [0.15, 0.2) is 70.3 Å². The van der Waals surface area contributed by atoms with Gasteiger partial charge in [0.1, 0.15) is 12.4 Å². The molecule has 0 saturated carbocycles. The van der Waals surface area contributed by atoms with Crippen molar-refractivity contribution < 1.29 is 24.3 Å². The lowest BCUT2D eigenvalue weighted by Gasteiger charge is -2.46. The van der Waals surface area contributed by atoms with E-state index in [-0.39, 0.29) is 41.5 Å². The number of piperidine rings is 1. The van der Waals surface area contributed by atoms with E-state index >= 15 is 0 Å². The maximum atomic E-state index is 12.3. The fraction of sp³-hybridized carbons (Fsp3) is 0.364. The Balaban J connectivity index is 2.05. The number of rotatable bonds is 6. The molecule has 1 saturated heterocycles. The number of allylic oxidation sites excluding steroid dienone is 6. The summed E-state index contributed by atoms with van der Waals surface area (Å²) in [5.41, 5.74) is 6.29. The van der Waals surface area contributed by atoms with Gasteiger partial charge in [0.15, 0.2) is 6.61 Å². The van der Waals surface area contributed by atoms with Gasteiger partial charge in [0, 0.05) is 36.4 Å². The standard InChI is InChI=1S/C22H25Cl2N3O5/c1-3-14(6-16-9-25-20(29)12-31-16)17(7-15(24)8-23)18-10-26-32-19-4-5-27(21(30)11-28)13(2)22(18)19/h3,6-10,13,19,22,26,28H,1,4-5,11-12H2,2H3,(H,25,29)/b14-6+,15-8-,17-7-. The SMILES string of the molecule is C=CC(=C\C1=CNC(=O)CO1)/C(=C/C(Cl)=C/Cl)C1=CNOC2CCN(C(=O)CO)C(C)C12. The minimum Gasteiger partial charge on any atom is -0.482 e. The van der Waals surface area contributed by atoms with Gasteiger partial charge in [0.2, 0.25) is 5.91 Å². The zero-order valence-corrected chi connectivity index (χ0v) is 19.0. The molecule has 3 unspecified atom stereocenters. The molecule has 2 amide bonds. The van der Waals surface area contributed by atoms with Crippen LogP contribution >= 0.6 is 23.2 Å². The molecule has 3 aliphatic heterocycles. The van der Waals surface area contributed by atoms with Crippen molar-refractivity contribution in [2.75, 3.05) is 19.8 Å². The lowest BCUT2D eigenvalue weighted by molar-refractivity contribution is -0.146. The van der Waals surface area contributed by atoms with E-state index in [1.807, 2.05) is 6.92 Å². The van der Waals surface area contributed by atoms with Crippen molar-refractivity contribution in [3.63, 3.8) is 0 Å². The van der Waals surface area contributed by atoms with Gasteiger partial charge in [-0.2, -0.15) is 0 Å². The fourth-order valence-corrected chi connectivity index (χ4v) is 4.27. The topological polar surface area (TPSA) is 100 Å². The summed E-state index contributed by atoms with van der Waals surface area (Å²) in [6, 6.07) is -0.251. The van der Waals surface area contributed by atoms with Crippen LogP contribution in [0, 0.1) is 5.92 Å². The number of halogens is 2. The average Bonchev–Trinajstić information content (AvgIpc) is 2.81. The number of nitrogens with zero attached hydrogens (tertiary/aromatic N) is 1. The molecule has 0 aromatic carbocycles. The number of amides is 2. The third kappa shape index (κ3) is 5.27. The average molecular weight is 482 g/mol. The van der Waals surface area contributed by atoms with E-state index in [0.29, 0.717) is 29.9 Å². The number of likely N-dealkylation sites (tertiary alicyclic amines) is 1. The van der Waals surface area contributed by atoms with Crippen molar-refractivity contribution in [3.05, 3.63) is 70.3 Å². The molecule has 3 aliphatic rings. The molecule has 3 N–H and O–H groups in total. The van der Waals surface area contributed by atoms with Crippen LogP contribution in [-0.4, -0.2) is 53.7 Å². The number of hydrogen-bond acceptors (Lipinski definition) is 6. The van der Waals surface area contributed by atoms with Gasteiger partial charge in [0.05, 0.1) is 11.1 Å². The first-order valence-electron chi connectivity index (χ1n) is 10.1. The third-order valence-corrected chi connectivity index (χ3v) is 6.15. The summed E-state index contributed by atoms with van der Waals surface area (Å²) in [6.07, 6.45) is 8.63. The maximum absolute atomic E-state index is 12.3. The second-order valence-electron chi connectivity index (χ2n) is 7.43. The summed E-state index contributed by atoms with van der Waals surface area (Å²) < 4.78 is 5.47. The number of aliphatic hydroxyl groups excluding tert-OH is 1. The predicted octanol–water partition coefficient (Wildman–Crippen LogP) is 2.35. The molecule has 3 rings (SSSR count). The highest BCUT2D eigenvalue weighted by Gasteiger charge is 2.43. The number of carbonyl (C=O) groups excluding carboxylic acids is 2. The molecule has 10 heteroatoms. The summed E-state index contributed by atoms with van der Waals surface area (Å²) in [6.45, 7) is 5.67. The van der Waals surface area contributed by atoms with E-state index in [0.717, 1.165) is 5.57 Å². The van der Waals surface area contributed by atoms with Crippen molar-refractivity contribution in [1.29, 1.82) is 0 Å². The van der Waals surface area contributed by atoms with E-state index in [9.17, 15) is 14.7 Å². The van der Waals surface area contributed by atoms with E-state index in [2.05, 4.69) is 17.4 Å². The number of aliphatic hydroxyl groups is 1. The number of hydroxylamine groups is 1. The van der Waals surface area contributed by atoms with Crippen LogP contribution in [0.25, 0.3) is 0 Å². The lowest BCUT2D eigenvalue weighted by Crippen LogP contribution is -2.56. The van der Waals surface area contributed by atoms with Crippen LogP contribution in [-0.2, 0) is 19.2 Å². The molecule has 0 aromatic heterocycles. The van der Waals surface area contributed by atoms with Gasteiger partial charge in [-0.15, -0.1) is 0 Å². The van der Waals surface area contributed by atoms with Crippen molar-refractivity contribution in [3.8, 4) is 0 Å². The zero-order chi connectivity index (χ0) is 23.3. The van der Waals surface area contributed by atoms with Crippen LogP contribution in [0.1, 0.15) is 13.3 Å². The van der Waals surface area contributed by atoms with Gasteiger partial charge in [-0.3, -0.25) is 19.9 Å². The Kier molecular flexibility index (Phi) is 8.20. The quantitative estimate of drug-likeness (QED) is 0.503. The second-order valence-corrected chi connectivity index (χ2v) is 8.09. The van der Waals surface area contributed by atoms with Crippen molar-refractivity contribution in [2.45, 2.75) is 25.5 Å². The highest BCUT2D eigenvalue weighted by molar-refractivity contribution is 6.37. The lowest BCUT2D eigenvalue weighted by atomic mass is 9.76. The van der Waals surface area contributed by atoms with Gasteiger partial charge in [-0.05, 0) is 42.2 Å². The summed E-state index contributed by atoms with van der Waals surface area (Å²) in [4.78, 5) is 31.1. The van der Waals surface area contributed by atoms with Crippen LogP contribution in [0.5, 0.6) is 0 Å². The first kappa shape index (κ1) is 24.1. The molecule has 0 spiro atoms. The Morgan fingerprint density at radius 3 is 2.84 bits per heavy atom. The first-order chi connectivity index (χ1) is 15.4.